The van der Waals surface area contributed by atoms with E-state index in [0.717, 1.165) is 0 Å². The average molecular weight is 636 g/mol. The van der Waals surface area contributed by atoms with Gasteiger partial charge in [-0.05, 0) is 48.0 Å². The van der Waals surface area contributed by atoms with Crippen molar-refractivity contribution in [3.63, 3.8) is 0 Å². The van der Waals surface area contributed by atoms with E-state index in [2.05, 4.69) is 74.6 Å². The normalized spacial score (nSPS) is 13.2. The predicted molar refractivity (Wildman–Crippen MR) is 176 cm³/mol. The zero-order valence-electron chi connectivity index (χ0n) is 27.4. The quantitative estimate of drug-likeness (QED) is 0.109. The molecule has 2 aromatic carbocycles. The van der Waals surface area contributed by atoms with Crippen LogP contribution in [-0.4, -0.2) is 73.6 Å². The lowest BCUT2D eigenvalue weighted by molar-refractivity contribution is -0.154. The van der Waals surface area contributed by atoms with E-state index in [-0.39, 0.29) is 36.4 Å². The maximum atomic E-state index is 12.5. The fourth-order valence-electron chi connectivity index (χ4n) is 4.74. The number of benzene rings is 2. The number of hydrogen-bond acceptors (Lipinski definition) is 8. The Balaban J connectivity index is 1.83. The summed E-state index contributed by atoms with van der Waals surface area (Å²) >= 11 is 0. The van der Waals surface area contributed by atoms with Crippen molar-refractivity contribution in [2.75, 3.05) is 45.3 Å². The van der Waals surface area contributed by atoms with Gasteiger partial charge in [0.05, 0.1) is 32.0 Å². The Labute approximate surface area is 261 Å². The van der Waals surface area contributed by atoms with Crippen LogP contribution in [0.15, 0.2) is 60.7 Å². The van der Waals surface area contributed by atoms with Crippen LogP contribution in [0.3, 0.4) is 0 Å². The van der Waals surface area contributed by atoms with Crippen molar-refractivity contribution in [1.82, 2.24) is 5.32 Å². The van der Waals surface area contributed by atoms with Gasteiger partial charge in [0.25, 0.3) is 18.4 Å². The van der Waals surface area contributed by atoms with Crippen molar-refractivity contribution in [2.45, 2.75) is 78.9 Å². The van der Waals surface area contributed by atoms with Crippen molar-refractivity contribution >= 4 is 34.8 Å². The van der Waals surface area contributed by atoms with E-state index >= 15 is 0 Å². The lowest BCUT2D eigenvalue weighted by atomic mass is 9.91. The highest BCUT2D eigenvalue weighted by atomic mass is 32.2. The fourth-order valence-corrected chi connectivity index (χ4v) is 10.2. The molecule has 0 amide bonds. The number of rotatable bonds is 18. The Bertz CT molecular complexity index is 1170. The minimum absolute atomic E-state index is 0.0352. The largest absolute Gasteiger partial charge is 0.460 e. The van der Waals surface area contributed by atoms with E-state index in [1.165, 1.54) is 10.4 Å². The van der Waals surface area contributed by atoms with Crippen LogP contribution in [0.1, 0.15) is 68.2 Å². The molecule has 0 fully saturated rings. The molecule has 0 aliphatic carbocycles. The molecule has 2 rings (SSSR count). The molecule has 0 heterocycles. The summed E-state index contributed by atoms with van der Waals surface area (Å²) in [6, 6.07) is 20.9. The molecule has 10 heteroatoms. The van der Waals surface area contributed by atoms with Crippen LogP contribution >= 0.6 is 0 Å². The Kier molecular flexibility index (Phi) is 14.1. The Hall–Kier alpha value is -2.08. The number of carbonyl (C=O) groups is 1. The summed E-state index contributed by atoms with van der Waals surface area (Å²) < 4.78 is 48.2. The topological polar surface area (TPSA) is 100 Å². The first-order valence-corrected chi connectivity index (χ1v) is 18.6. The second kappa shape index (κ2) is 16.3. The van der Waals surface area contributed by atoms with E-state index in [9.17, 15) is 13.2 Å². The summed E-state index contributed by atoms with van der Waals surface area (Å²) in [5.41, 5.74) is -0.918. The first kappa shape index (κ1) is 37.1. The van der Waals surface area contributed by atoms with Gasteiger partial charge < -0.3 is 19.2 Å². The van der Waals surface area contributed by atoms with Gasteiger partial charge in [-0.2, -0.15) is 8.42 Å². The van der Waals surface area contributed by atoms with Crippen molar-refractivity contribution in [3.05, 3.63) is 60.7 Å². The summed E-state index contributed by atoms with van der Waals surface area (Å²) in [4.78, 5) is 11.7. The monoisotopic (exact) mass is 635 g/mol. The molecule has 2 aromatic rings. The molecular formula is C33H53NO7SSi. The van der Waals surface area contributed by atoms with Crippen molar-refractivity contribution < 1.29 is 31.3 Å². The van der Waals surface area contributed by atoms with Gasteiger partial charge in [-0.15, -0.1) is 0 Å². The third-order valence-electron chi connectivity index (χ3n) is 6.97. The molecule has 0 atom stereocenters. The van der Waals surface area contributed by atoms with Crippen LogP contribution in [-0.2, 0) is 33.0 Å². The number of carbonyl (C=O) groups excluding carboxylic acids is 1. The van der Waals surface area contributed by atoms with Crippen molar-refractivity contribution in [1.29, 1.82) is 0 Å². The summed E-state index contributed by atoms with van der Waals surface area (Å²) in [7, 11) is -6.40. The second-order valence-electron chi connectivity index (χ2n) is 13.6. The molecular weight excluding hydrogens is 583 g/mol. The average Bonchev–Trinajstić information content (AvgIpc) is 2.91. The highest BCUT2D eigenvalue weighted by Crippen LogP contribution is 2.37. The molecule has 0 bridgehead atoms. The SMILES string of the molecule is CC(C)(CCO[Si](c1ccccc1)(c1ccccc1)C(C)(C)C)COS(=O)(=O)CCOCCNCCC(=O)OC(C)(C)C. The first-order chi connectivity index (χ1) is 20.0. The molecule has 0 unspecified atom stereocenters. The molecule has 8 nitrogen and oxygen atoms in total. The fraction of sp³-hybridized carbons (Fsp3) is 0.606. The molecule has 242 valence electrons. The van der Waals surface area contributed by atoms with Crippen LogP contribution in [0.25, 0.3) is 0 Å². The van der Waals surface area contributed by atoms with Crippen LogP contribution in [0.5, 0.6) is 0 Å². The van der Waals surface area contributed by atoms with Gasteiger partial charge in [0.1, 0.15) is 5.60 Å². The van der Waals surface area contributed by atoms with Gasteiger partial charge >= 0.3 is 5.97 Å². The minimum Gasteiger partial charge on any atom is -0.460 e. The number of esters is 1. The van der Waals surface area contributed by atoms with E-state index in [0.29, 0.717) is 32.7 Å². The molecule has 0 aliphatic rings. The number of hydrogen-bond donors (Lipinski definition) is 1. The number of ether oxygens (including phenoxy) is 2. The second-order valence-corrected chi connectivity index (χ2v) is 19.7. The zero-order chi connectivity index (χ0) is 32.2. The summed E-state index contributed by atoms with van der Waals surface area (Å²) in [5, 5.41) is 5.38. The van der Waals surface area contributed by atoms with E-state index < -0.39 is 29.5 Å². The Morgan fingerprint density at radius 3 is 1.86 bits per heavy atom. The third-order valence-corrected chi connectivity index (χ3v) is 13.2. The molecule has 0 aromatic heterocycles. The molecule has 0 spiro atoms. The van der Waals surface area contributed by atoms with Crippen molar-refractivity contribution in [2.24, 2.45) is 5.41 Å². The lowest BCUT2D eigenvalue weighted by Gasteiger charge is -2.43. The molecule has 0 saturated heterocycles. The van der Waals surface area contributed by atoms with Crippen LogP contribution in [0, 0.1) is 5.41 Å². The first-order valence-electron chi connectivity index (χ1n) is 15.1. The molecule has 43 heavy (non-hydrogen) atoms. The van der Waals surface area contributed by atoms with Gasteiger partial charge in [-0.25, -0.2) is 0 Å². The highest BCUT2D eigenvalue weighted by Gasteiger charge is 2.50. The van der Waals surface area contributed by atoms with Crippen LogP contribution < -0.4 is 15.7 Å². The van der Waals surface area contributed by atoms with Gasteiger partial charge in [-0.3, -0.25) is 8.98 Å². The van der Waals surface area contributed by atoms with Crippen LogP contribution in [0.2, 0.25) is 5.04 Å². The maximum absolute atomic E-state index is 12.5. The summed E-state index contributed by atoms with van der Waals surface area (Å²) in [6.07, 6.45) is 0.899. The van der Waals surface area contributed by atoms with Crippen molar-refractivity contribution in [3.8, 4) is 0 Å². The number of nitrogens with one attached hydrogen (secondary N) is 1. The molecule has 1 N–H and O–H groups in total. The maximum Gasteiger partial charge on any atom is 0.307 e. The molecule has 0 aliphatic heterocycles. The predicted octanol–water partition coefficient (Wildman–Crippen LogP) is 4.66. The lowest BCUT2D eigenvalue weighted by Crippen LogP contribution is -2.66. The van der Waals surface area contributed by atoms with E-state index in [4.69, 9.17) is 18.1 Å². The Morgan fingerprint density at radius 1 is 0.791 bits per heavy atom. The van der Waals surface area contributed by atoms with Gasteiger partial charge in [-0.1, -0.05) is 95.3 Å². The highest BCUT2D eigenvalue weighted by molar-refractivity contribution is 7.86. The minimum atomic E-state index is -3.74. The smallest absolute Gasteiger partial charge is 0.307 e. The van der Waals surface area contributed by atoms with Gasteiger partial charge in [0.2, 0.25) is 0 Å². The Morgan fingerprint density at radius 2 is 1.35 bits per heavy atom. The van der Waals surface area contributed by atoms with Crippen LogP contribution in [0.4, 0.5) is 0 Å². The summed E-state index contributed by atoms with van der Waals surface area (Å²) in [5.74, 6) is -0.485. The van der Waals surface area contributed by atoms with Gasteiger partial charge in [0, 0.05) is 19.7 Å². The zero-order valence-corrected chi connectivity index (χ0v) is 29.2. The summed E-state index contributed by atoms with van der Waals surface area (Å²) in [6.45, 7) is 18.1. The molecule has 0 radical (unpaired) electrons. The standard InChI is InChI=1S/C33H53NO7SSi/c1-31(2,3)41-30(35)19-21-34-22-24-38-25-26-42(36,37)39-27-33(7,8)20-23-40-43(32(4,5)6,28-15-11-9-12-16-28)29-17-13-10-14-18-29/h9-18,34H,19-27H2,1-8H3. The third kappa shape index (κ3) is 12.8. The van der Waals surface area contributed by atoms with Gasteiger partial charge in [0.15, 0.2) is 0 Å². The van der Waals surface area contributed by atoms with E-state index in [1.54, 1.807) is 0 Å². The molecule has 0 saturated carbocycles. The van der Waals surface area contributed by atoms with E-state index in [1.807, 2.05) is 46.8 Å².